The quantitative estimate of drug-likeness (QED) is 0.891. The van der Waals surface area contributed by atoms with Gasteiger partial charge in [0.2, 0.25) is 0 Å². The van der Waals surface area contributed by atoms with E-state index in [2.05, 4.69) is 12.2 Å². The fourth-order valence-electron chi connectivity index (χ4n) is 2.37. The average molecular weight is 251 g/mol. The first-order valence-corrected chi connectivity index (χ1v) is 6.23. The molecule has 1 aromatic rings. The third-order valence-corrected chi connectivity index (χ3v) is 3.52. The minimum atomic E-state index is 0.0295. The lowest BCUT2D eigenvalue weighted by Crippen LogP contribution is -2.33. The molecule has 4 nitrogen and oxygen atoms in total. The Bertz CT molecular complexity index is 426. The lowest BCUT2D eigenvalue weighted by Gasteiger charge is -2.27. The second-order valence-electron chi connectivity index (χ2n) is 4.51. The molecule has 1 aromatic carbocycles. The Hall–Kier alpha value is -1.26. The predicted molar refractivity (Wildman–Crippen MR) is 70.6 cm³/mol. The summed E-state index contributed by atoms with van der Waals surface area (Å²) in [5, 5.41) is 3.33. The minimum absolute atomic E-state index is 0.0295. The molecule has 1 atom stereocenters. The van der Waals surface area contributed by atoms with E-state index in [0.717, 1.165) is 47.9 Å². The van der Waals surface area contributed by atoms with Crippen LogP contribution in [0.1, 0.15) is 22.8 Å². The lowest BCUT2D eigenvalue weighted by atomic mass is 9.99. The normalized spacial score (nSPS) is 19.7. The van der Waals surface area contributed by atoms with Crippen LogP contribution in [0.5, 0.6) is 11.5 Å². The number of hydrogen-bond donors (Lipinski definition) is 1. The van der Waals surface area contributed by atoms with Crippen molar-refractivity contribution < 1.29 is 14.2 Å². The molecule has 0 saturated carbocycles. The van der Waals surface area contributed by atoms with Gasteiger partial charge in [-0.15, -0.1) is 0 Å². The second-order valence-corrected chi connectivity index (χ2v) is 4.51. The molecule has 1 N–H and O–H groups in total. The maximum Gasteiger partial charge on any atom is 0.128 e. The maximum absolute atomic E-state index is 5.80. The number of hydrogen-bond acceptors (Lipinski definition) is 4. The molecular formula is C14H21NO3. The van der Waals surface area contributed by atoms with Crippen LogP contribution in [0.15, 0.2) is 6.07 Å². The predicted octanol–water partition coefficient (Wildman–Crippen LogP) is 1.98. The summed E-state index contributed by atoms with van der Waals surface area (Å²) in [5.41, 5.74) is 3.28. The molecule has 1 unspecified atom stereocenters. The second kappa shape index (κ2) is 5.59. The third kappa shape index (κ3) is 2.31. The summed E-state index contributed by atoms with van der Waals surface area (Å²) >= 11 is 0. The van der Waals surface area contributed by atoms with Gasteiger partial charge in [-0.25, -0.2) is 0 Å². The van der Waals surface area contributed by atoms with Crippen molar-refractivity contribution in [2.45, 2.75) is 20.0 Å². The van der Waals surface area contributed by atoms with Crippen molar-refractivity contribution in [3.05, 3.63) is 22.8 Å². The molecule has 1 saturated heterocycles. The maximum atomic E-state index is 5.80. The summed E-state index contributed by atoms with van der Waals surface area (Å²) in [6.07, 6.45) is 0.0295. The van der Waals surface area contributed by atoms with E-state index in [0.29, 0.717) is 0 Å². The van der Waals surface area contributed by atoms with Crippen molar-refractivity contribution in [3.8, 4) is 11.5 Å². The average Bonchev–Trinajstić information content (AvgIpc) is 2.42. The van der Waals surface area contributed by atoms with E-state index in [1.165, 1.54) is 0 Å². The first-order chi connectivity index (χ1) is 8.69. The van der Waals surface area contributed by atoms with Gasteiger partial charge in [0.25, 0.3) is 0 Å². The monoisotopic (exact) mass is 251 g/mol. The molecule has 1 heterocycles. The summed E-state index contributed by atoms with van der Waals surface area (Å²) < 4.78 is 16.8. The molecule has 0 aliphatic carbocycles. The van der Waals surface area contributed by atoms with Gasteiger partial charge in [0.1, 0.15) is 11.5 Å². The summed E-state index contributed by atoms with van der Waals surface area (Å²) in [4.78, 5) is 0. The Morgan fingerprint density at radius 2 is 2.00 bits per heavy atom. The molecular weight excluding hydrogens is 230 g/mol. The summed E-state index contributed by atoms with van der Waals surface area (Å²) in [5.74, 6) is 1.79. The first kappa shape index (κ1) is 13.2. The summed E-state index contributed by atoms with van der Waals surface area (Å²) in [7, 11) is 3.39. The number of benzene rings is 1. The lowest BCUT2D eigenvalue weighted by molar-refractivity contribution is 0.0261. The van der Waals surface area contributed by atoms with Crippen LogP contribution in [0, 0.1) is 13.8 Å². The zero-order valence-electron chi connectivity index (χ0n) is 11.5. The Balaban J connectivity index is 2.46. The van der Waals surface area contributed by atoms with Gasteiger partial charge in [0, 0.05) is 18.7 Å². The molecule has 18 heavy (non-hydrogen) atoms. The molecule has 100 valence electrons. The van der Waals surface area contributed by atoms with Crippen LogP contribution in [-0.4, -0.2) is 33.9 Å². The van der Waals surface area contributed by atoms with E-state index >= 15 is 0 Å². The fourth-order valence-corrected chi connectivity index (χ4v) is 2.37. The molecule has 0 aromatic heterocycles. The topological polar surface area (TPSA) is 39.7 Å². The number of morpholine rings is 1. The summed E-state index contributed by atoms with van der Waals surface area (Å²) in [6, 6.07) is 2.03. The van der Waals surface area contributed by atoms with Gasteiger partial charge in [-0.05, 0) is 31.0 Å². The Morgan fingerprint density at radius 1 is 1.22 bits per heavy atom. The van der Waals surface area contributed by atoms with Gasteiger partial charge in [-0.3, -0.25) is 0 Å². The van der Waals surface area contributed by atoms with Crippen molar-refractivity contribution in [2.24, 2.45) is 0 Å². The molecule has 0 radical (unpaired) electrons. The van der Waals surface area contributed by atoms with Crippen molar-refractivity contribution in [1.82, 2.24) is 5.32 Å². The van der Waals surface area contributed by atoms with Crippen LogP contribution >= 0.6 is 0 Å². The Labute approximate surface area is 108 Å². The van der Waals surface area contributed by atoms with Crippen molar-refractivity contribution in [3.63, 3.8) is 0 Å². The third-order valence-electron chi connectivity index (χ3n) is 3.52. The Morgan fingerprint density at radius 3 is 2.56 bits per heavy atom. The van der Waals surface area contributed by atoms with E-state index in [-0.39, 0.29) is 6.10 Å². The summed E-state index contributed by atoms with van der Waals surface area (Å²) in [6.45, 7) is 6.53. The van der Waals surface area contributed by atoms with Crippen molar-refractivity contribution in [1.29, 1.82) is 0 Å². The number of nitrogens with one attached hydrogen (secondary N) is 1. The van der Waals surface area contributed by atoms with Crippen LogP contribution in [0.2, 0.25) is 0 Å². The largest absolute Gasteiger partial charge is 0.496 e. The molecule has 0 bridgehead atoms. The number of ether oxygens (including phenoxy) is 3. The van der Waals surface area contributed by atoms with E-state index in [1.807, 2.05) is 13.0 Å². The van der Waals surface area contributed by atoms with E-state index in [4.69, 9.17) is 14.2 Å². The molecule has 0 amide bonds. The highest BCUT2D eigenvalue weighted by molar-refractivity contribution is 5.53. The molecule has 2 rings (SSSR count). The van der Waals surface area contributed by atoms with Crippen LogP contribution < -0.4 is 14.8 Å². The Kier molecular flexibility index (Phi) is 4.09. The van der Waals surface area contributed by atoms with Crippen LogP contribution in [-0.2, 0) is 4.74 Å². The first-order valence-electron chi connectivity index (χ1n) is 6.23. The molecule has 1 aliphatic rings. The zero-order valence-corrected chi connectivity index (χ0v) is 11.5. The highest BCUT2D eigenvalue weighted by Gasteiger charge is 2.23. The van der Waals surface area contributed by atoms with Gasteiger partial charge >= 0.3 is 0 Å². The minimum Gasteiger partial charge on any atom is -0.496 e. The van der Waals surface area contributed by atoms with Gasteiger partial charge in [0.15, 0.2) is 0 Å². The molecule has 1 fully saturated rings. The van der Waals surface area contributed by atoms with Crippen molar-refractivity contribution in [2.75, 3.05) is 33.9 Å². The SMILES string of the molecule is COc1cc(C2CNCCO2)c(OC)c(C)c1C. The number of methoxy groups -OCH3 is 2. The fraction of sp³-hybridized carbons (Fsp3) is 0.571. The van der Waals surface area contributed by atoms with Crippen LogP contribution in [0.4, 0.5) is 0 Å². The van der Waals surface area contributed by atoms with Crippen LogP contribution in [0.25, 0.3) is 0 Å². The molecule has 1 aliphatic heterocycles. The van der Waals surface area contributed by atoms with Crippen LogP contribution in [0.3, 0.4) is 0 Å². The van der Waals surface area contributed by atoms with Gasteiger partial charge in [-0.1, -0.05) is 0 Å². The molecule has 4 heteroatoms. The highest BCUT2D eigenvalue weighted by atomic mass is 16.5. The van der Waals surface area contributed by atoms with Crippen molar-refractivity contribution >= 4 is 0 Å². The van der Waals surface area contributed by atoms with Gasteiger partial charge < -0.3 is 19.5 Å². The van der Waals surface area contributed by atoms with E-state index < -0.39 is 0 Å². The zero-order chi connectivity index (χ0) is 13.1. The van der Waals surface area contributed by atoms with Gasteiger partial charge in [-0.2, -0.15) is 0 Å². The number of rotatable bonds is 3. The smallest absolute Gasteiger partial charge is 0.128 e. The van der Waals surface area contributed by atoms with E-state index in [9.17, 15) is 0 Å². The molecule has 0 spiro atoms. The standard InChI is InChI=1S/C14H21NO3/c1-9-10(2)14(17-4)11(7-12(9)16-3)13-8-15-5-6-18-13/h7,13,15H,5-6,8H2,1-4H3. The van der Waals surface area contributed by atoms with Gasteiger partial charge in [0.05, 0.1) is 26.9 Å². The van der Waals surface area contributed by atoms with E-state index in [1.54, 1.807) is 14.2 Å². The highest BCUT2D eigenvalue weighted by Crippen LogP contribution is 2.38.